The highest BCUT2D eigenvalue weighted by atomic mass is 35.5. The molecule has 0 saturated heterocycles. The van der Waals surface area contributed by atoms with Crippen LogP contribution in [0.2, 0.25) is 5.02 Å². The van der Waals surface area contributed by atoms with E-state index < -0.39 is 5.91 Å². The normalized spacial score (nSPS) is 11.0. The van der Waals surface area contributed by atoms with Gasteiger partial charge in [-0.25, -0.2) is 0 Å². The van der Waals surface area contributed by atoms with Crippen LogP contribution in [0.1, 0.15) is 12.5 Å². The van der Waals surface area contributed by atoms with Gasteiger partial charge in [0.2, 0.25) is 5.91 Å². The smallest absolute Gasteiger partial charge is 0.265 e. The molecule has 0 heterocycles. The second-order valence-corrected chi connectivity index (χ2v) is 3.53. The number of halogens is 1. The van der Waals surface area contributed by atoms with Crippen LogP contribution in [0, 0.1) is 0 Å². The number of nitrogens with one attached hydrogen (secondary N) is 1. The minimum Gasteiger partial charge on any atom is -0.364 e. The molecule has 16 heavy (non-hydrogen) atoms. The standard InChI is InChI=1S/C11H11ClN2O2/c1-7(15)14-10(11(13)16)6-8-4-2-3-5-9(8)12/h2-6H,1H3,(H2,13,16)(H,14,15). The Bertz CT molecular complexity index is 455. The van der Waals surface area contributed by atoms with Gasteiger partial charge in [-0.05, 0) is 17.7 Å². The number of benzene rings is 1. The fourth-order valence-corrected chi connectivity index (χ4v) is 1.30. The maximum absolute atomic E-state index is 11.0. The molecular weight excluding hydrogens is 228 g/mol. The lowest BCUT2D eigenvalue weighted by Gasteiger charge is -2.04. The second kappa shape index (κ2) is 5.32. The summed E-state index contributed by atoms with van der Waals surface area (Å²) in [6.45, 7) is 1.30. The molecule has 0 aromatic heterocycles. The van der Waals surface area contributed by atoms with Gasteiger partial charge < -0.3 is 11.1 Å². The first-order valence-electron chi connectivity index (χ1n) is 4.54. The van der Waals surface area contributed by atoms with Crippen LogP contribution in [0.15, 0.2) is 30.0 Å². The lowest BCUT2D eigenvalue weighted by molar-refractivity contribution is -0.121. The summed E-state index contributed by atoms with van der Waals surface area (Å²) in [5.41, 5.74) is 5.75. The average molecular weight is 239 g/mol. The van der Waals surface area contributed by atoms with E-state index >= 15 is 0 Å². The molecule has 0 fully saturated rings. The zero-order valence-electron chi connectivity index (χ0n) is 8.66. The Balaban J connectivity index is 3.07. The van der Waals surface area contributed by atoms with E-state index in [1.165, 1.54) is 13.0 Å². The highest BCUT2D eigenvalue weighted by Gasteiger charge is 2.07. The highest BCUT2D eigenvalue weighted by molar-refractivity contribution is 6.32. The van der Waals surface area contributed by atoms with E-state index in [-0.39, 0.29) is 11.6 Å². The van der Waals surface area contributed by atoms with Crippen LogP contribution in [0.3, 0.4) is 0 Å². The fraction of sp³-hybridized carbons (Fsp3) is 0.0909. The van der Waals surface area contributed by atoms with Crippen molar-refractivity contribution >= 4 is 29.5 Å². The van der Waals surface area contributed by atoms with E-state index in [0.29, 0.717) is 10.6 Å². The molecule has 0 spiro atoms. The molecule has 5 heteroatoms. The molecule has 0 aliphatic heterocycles. The summed E-state index contributed by atoms with van der Waals surface area (Å²) in [5.74, 6) is -1.08. The molecule has 1 rings (SSSR count). The Morgan fingerprint density at radius 1 is 1.38 bits per heavy atom. The summed E-state index contributed by atoms with van der Waals surface area (Å²) in [6, 6.07) is 6.93. The Morgan fingerprint density at radius 2 is 2.00 bits per heavy atom. The quantitative estimate of drug-likeness (QED) is 0.780. The van der Waals surface area contributed by atoms with Crippen LogP contribution in [-0.4, -0.2) is 11.8 Å². The molecule has 1 aromatic rings. The molecule has 0 radical (unpaired) electrons. The minimum absolute atomic E-state index is 0.0144. The Kier molecular flexibility index (Phi) is 4.08. The van der Waals surface area contributed by atoms with Crippen molar-refractivity contribution in [2.75, 3.05) is 0 Å². The predicted molar refractivity (Wildman–Crippen MR) is 62.4 cm³/mol. The van der Waals surface area contributed by atoms with Crippen molar-refractivity contribution in [1.82, 2.24) is 5.32 Å². The molecule has 0 aliphatic carbocycles. The van der Waals surface area contributed by atoms with Gasteiger partial charge in [-0.1, -0.05) is 29.8 Å². The molecule has 0 saturated carbocycles. The van der Waals surface area contributed by atoms with Crippen molar-refractivity contribution < 1.29 is 9.59 Å². The Morgan fingerprint density at radius 3 is 2.50 bits per heavy atom. The first kappa shape index (κ1) is 12.3. The van der Waals surface area contributed by atoms with Crippen LogP contribution in [0.5, 0.6) is 0 Å². The van der Waals surface area contributed by atoms with Crippen LogP contribution < -0.4 is 11.1 Å². The number of hydrogen-bond donors (Lipinski definition) is 2. The molecule has 84 valence electrons. The van der Waals surface area contributed by atoms with E-state index in [1.54, 1.807) is 24.3 Å². The number of carbonyl (C=O) groups is 2. The number of hydrogen-bond acceptors (Lipinski definition) is 2. The summed E-state index contributed by atoms with van der Waals surface area (Å²) in [4.78, 5) is 21.9. The third-order valence-electron chi connectivity index (χ3n) is 1.78. The zero-order valence-corrected chi connectivity index (χ0v) is 9.41. The van der Waals surface area contributed by atoms with Crippen LogP contribution in [0.25, 0.3) is 6.08 Å². The monoisotopic (exact) mass is 238 g/mol. The zero-order chi connectivity index (χ0) is 12.1. The van der Waals surface area contributed by atoms with Gasteiger partial charge in [-0.15, -0.1) is 0 Å². The van der Waals surface area contributed by atoms with Gasteiger partial charge in [-0.3, -0.25) is 9.59 Å². The number of nitrogens with two attached hydrogens (primary N) is 1. The van der Waals surface area contributed by atoms with Crippen molar-refractivity contribution in [3.8, 4) is 0 Å². The molecule has 0 bridgehead atoms. The van der Waals surface area contributed by atoms with Crippen LogP contribution in [-0.2, 0) is 9.59 Å². The lowest BCUT2D eigenvalue weighted by Crippen LogP contribution is -2.29. The van der Waals surface area contributed by atoms with Crippen molar-refractivity contribution in [3.05, 3.63) is 40.5 Å². The SMILES string of the molecule is CC(=O)NC(=Cc1ccccc1Cl)C(N)=O. The topological polar surface area (TPSA) is 72.2 Å². The van der Waals surface area contributed by atoms with Gasteiger partial charge in [0.05, 0.1) is 0 Å². The summed E-state index contributed by atoms with van der Waals surface area (Å²) >= 11 is 5.90. The number of carbonyl (C=O) groups excluding carboxylic acids is 2. The summed E-state index contributed by atoms with van der Waals surface area (Å²) in [7, 11) is 0. The van der Waals surface area contributed by atoms with Gasteiger partial charge in [0.25, 0.3) is 5.91 Å². The molecule has 0 unspecified atom stereocenters. The van der Waals surface area contributed by atoms with Gasteiger partial charge >= 0.3 is 0 Å². The molecule has 1 aromatic carbocycles. The first-order chi connectivity index (χ1) is 7.50. The van der Waals surface area contributed by atoms with Gasteiger partial charge in [0, 0.05) is 11.9 Å². The van der Waals surface area contributed by atoms with Gasteiger partial charge in [0.15, 0.2) is 0 Å². The fourth-order valence-electron chi connectivity index (χ4n) is 1.11. The maximum Gasteiger partial charge on any atom is 0.265 e. The number of amides is 2. The summed E-state index contributed by atoms with van der Waals surface area (Å²) in [5, 5.41) is 2.82. The van der Waals surface area contributed by atoms with Crippen molar-refractivity contribution in [2.45, 2.75) is 6.92 Å². The van der Waals surface area contributed by atoms with E-state index in [2.05, 4.69) is 5.32 Å². The second-order valence-electron chi connectivity index (χ2n) is 3.12. The Labute approximate surface area is 98.1 Å². The van der Waals surface area contributed by atoms with E-state index in [9.17, 15) is 9.59 Å². The lowest BCUT2D eigenvalue weighted by atomic mass is 10.2. The maximum atomic E-state index is 11.0. The van der Waals surface area contributed by atoms with Crippen LogP contribution in [0.4, 0.5) is 0 Å². The average Bonchev–Trinajstić information content (AvgIpc) is 2.19. The van der Waals surface area contributed by atoms with Gasteiger partial charge in [-0.2, -0.15) is 0 Å². The largest absolute Gasteiger partial charge is 0.364 e. The van der Waals surface area contributed by atoms with Crippen molar-refractivity contribution in [1.29, 1.82) is 0 Å². The highest BCUT2D eigenvalue weighted by Crippen LogP contribution is 2.17. The van der Waals surface area contributed by atoms with Crippen LogP contribution >= 0.6 is 11.6 Å². The van der Waals surface area contributed by atoms with E-state index in [0.717, 1.165) is 0 Å². The summed E-state index contributed by atoms with van der Waals surface area (Å²) < 4.78 is 0. The molecule has 0 aliphatic rings. The number of primary amides is 1. The molecule has 2 amide bonds. The summed E-state index contributed by atoms with van der Waals surface area (Å²) in [6.07, 6.45) is 1.44. The van der Waals surface area contributed by atoms with Crippen molar-refractivity contribution in [3.63, 3.8) is 0 Å². The van der Waals surface area contributed by atoms with E-state index in [1.807, 2.05) is 0 Å². The third-order valence-corrected chi connectivity index (χ3v) is 2.13. The van der Waals surface area contributed by atoms with Crippen molar-refractivity contribution in [2.24, 2.45) is 5.73 Å². The number of rotatable bonds is 3. The van der Waals surface area contributed by atoms with E-state index in [4.69, 9.17) is 17.3 Å². The Hall–Kier alpha value is -1.81. The first-order valence-corrected chi connectivity index (χ1v) is 4.92. The third kappa shape index (κ3) is 3.40. The molecule has 4 nitrogen and oxygen atoms in total. The molecule has 3 N–H and O–H groups in total. The minimum atomic E-state index is -0.713. The predicted octanol–water partition coefficient (Wildman–Crippen LogP) is 1.30. The van der Waals surface area contributed by atoms with Gasteiger partial charge in [0.1, 0.15) is 5.70 Å². The molecular formula is C11H11ClN2O2. The molecule has 0 atom stereocenters.